The van der Waals surface area contributed by atoms with Crippen LogP contribution in [0.1, 0.15) is 22.8 Å². The van der Waals surface area contributed by atoms with Crippen molar-refractivity contribution in [3.05, 3.63) is 34.9 Å². The van der Waals surface area contributed by atoms with E-state index in [-0.39, 0.29) is 0 Å². The Morgan fingerprint density at radius 1 is 1.29 bits per heavy atom. The van der Waals surface area contributed by atoms with Crippen LogP contribution in [0.5, 0.6) is 0 Å². The third kappa shape index (κ3) is 1.92. The highest BCUT2D eigenvalue weighted by Gasteiger charge is 2.19. The topological polar surface area (TPSA) is 64.2 Å². The number of nitriles is 1. The summed E-state index contributed by atoms with van der Waals surface area (Å²) in [4.78, 5) is 0. The van der Waals surface area contributed by atoms with Crippen molar-refractivity contribution in [2.45, 2.75) is 26.1 Å². The van der Waals surface area contributed by atoms with E-state index in [0.29, 0.717) is 5.56 Å². The fraction of sp³-hybridized carbons (Fsp3) is 0.364. The van der Waals surface area contributed by atoms with Gasteiger partial charge in [0.25, 0.3) is 0 Å². The van der Waals surface area contributed by atoms with Gasteiger partial charge in [0.15, 0.2) is 6.10 Å². The van der Waals surface area contributed by atoms with Gasteiger partial charge < -0.3 is 10.2 Å². The zero-order valence-electron chi connectivity index (χ0n) is 8.23. The van der Waals surface area contributed by atoms with Gasteiger partial charge in [0.2, 0.25) is 0 Å². The number of rotatable bonds is 2. The first-order chi connectivity index (χ1) is 6.57. The first kappa shape index (κ1) is 10.7. The predicted molar refractivity (Wildman–Crippen MR) is 52.5 cm³/mol. The minimum Gasteiger partial charge on any atom is -0.385 e. The molecule has 2 N–H and O–H groups in total. The molecule has 0 saturated carbocycles. The van der Waals surface area contributed by atoms with Crippen LogP contribution >= 0.6 is 0 Å². The first-order valence-corrected chi connectivity index (χ1v) is 4.39. The summed E-state index contributed by atoms with van der Waals surface area (Å²) in [6, 6.07) is 7.05. The molecule has 74 valence electrons. The summed E-state index contributed by atoms with van der Waals surface area (Å²) in [6.45, 7) is 3.78. The van der Waals surface area contributed by atoms with Gasteiger partial charge in [0.05, 0.1) is 6.07 Å². The van der Waals surface area contributed by atoms with Crippen molar-refractivity contribution in [1.29, 1.82) is 5.26 Å². The smallest absolute Gasteiger partial charge is 0.170 e. The van der Waals surface area contributed by atoms with E-state index in [2.05, 4.69) is 0 Å². The first-order valence-electron chi connectivity index (χ1n) is 4.39. The van der Waals surface area contributed by atoms with Gasteiger partial charge in [0, 0.05) is 0 Å². The molecule has 0 amide bonds. The SMILES string of the molecule is Cc1cccc(C(O)C(O)C#N)c1C. The van der Waals surface area contributed by atoms with Crippen LogP contribution in [0, 0.1) is 25.2 Å². The van der Waals surface area contributed by atoms with E-state index < -0.39 is 12.2 Å². The number of nitrogens with zero attached hydrogens (tertiary/aromatic N) is 1. The van der Waals surface area contributed by atoms with Crippen LogP contribution in [-0.2, 0) is 0 Å². The molecule has 0 radical (unpaired) electrons. The molecular weight excluding hydrogens is 178 g/mol. The van der Waals surface area contributed by atoms with Crippen molar-refractivity contribution in [2.24, 2.45) is 0 Å². The van der Waals surface area contributed by atoms with Gasteiger partial charge in [-0.15, -0.1) is 0 Å². The highest BCUT2D eigenvalue weighted by Crippen LogP contribution is 2.22. The minimum absolute atomic E-state index is 0.610. The molecule has 0 aliphatic heterocycles. The molecule has 14 heavy (non-hydrogen) atoms. The van der Waals surface area contributed by atoms with Crippen molar-refractivity contribution in [3.63, 3.8) is 0 Å². The van der Waals surface area contributed by atoms with Crippen LogP contribution in [0.25, 0.3) is 0 Å². The Morgan fingerprint density at radius 3 is 2.50 bits per heavy atom. The Hall–Kier alpha value is -1.37. The molecule has 3 nitrogen and oxygen atoms in total. The van der Waals surface area contributed by atoms with Crippen LogP contribution in [0.2, 0.25) is 0 Å². The highest BCUT2D eigenvalue weighted by atomic mass is 16.3. The van der Waals surface area contributed by atoms with Gasteiger partial charge in [-0.3, -0.25) is 0 Å². The Balaban J connectivity index is 3.08. The Morgan fingerprint density at radius 2 is 1.93 bits per heavy atom. The largest absolute Gasteiger partial charge is 0.385 e. The molecule has 0 heterocycles. The average molecular weight is 191 g/mol. The number of aliphatic hydroxyl groups excluding tert-OH is 2. The molecular formula is C11H13NO2. The normalized spacial score (nSPS) is 14.5. The summed E-state index contributed by atoms with van der Waals surface area (Å²) < 4.78 is 0. The van der Waals surface area contributed by atoms with E-state index in [9.17, 15) is 10.2 Å². The second-order valence-corrected chi connectivity index (χ2v) is 3.31. The van der Waals surface area contributed by atoms with E-state index in [4.69, 9.17) is 5.26 Å². The summed E-state index contributed by atoms with van der Waals surface area (Å²) >= 11 is 0. The van der Waals surface area contributed by atoms with Crippen LogP contribution < -0.4 is 0 Å². The molecule has 2 atom stereocenters. The zero-order chi connectivity index (χ0) is 10.7. The van der Waals surface area contributed by atoms with Crippen LogP contribution in [0.4, 0.5) is 0 Å². The van der Waals surface area contributed by atoms with E-state index >= 15 is 0 Å². The second-order valence-electron chi connectivity index (χ2n) is 3.31. The van der Waals surface area contributed by atoms with E-state index in [1.54, 1.807) is 18.2 Å². The van der Waals surface area contributed by atoms with Gasteiger partial charge in [-0.1, -0.05) is 18.2 Å². The highest BCUT2D eigenvalue weighted by molar-refractivity contribution is 5.35. The minimum atomic E-state index is -1.37. The van der Waals surface area contributed by atoms with Gasteiger partial charge in [-0.2, -0.15) is 5.26 Å². The molecule has 0 bridgehead atoms. The lowest BCUT2D eigenvalue weighted by atomic mass is 9.97. The molecule has 0 aromatic heterocycles. The molecule has 0 fully saturated rings. The third-order valence-electron chi connectivity index (χ3n) is 2.40. The number of benzene rings is 1. The standard InChI is InChI=1S/C11H13NO2/c1-7-4-3-5-9(8(7)2)11(14)10(13)6-12/h3-5,10-11,13-14H,1-2H3. The number of aryl methyl sites for hydroxylation is 1. The lowest BCUT2D eigenvalue weighted by Gasteiger charge is -2.15. The summed E-state index contributed by atoms with van der Waals surface area (Å²) in [7, 11) is 0. The zero-order valence-corrected chi connectivity index (χ0v) is 8.23. The lowest BCUT2D eigenvalue weighted by Crippen LogP contribution is -2.17. The van der Waals surface area contributed by atoms with Crippen molar-refractivity contribution in [1.82, 2.24) is 0 Å². The van der Waals surface area contributed by atoms with Crippen molar-refractivity contribution < 1.29 is 10.2 Å². The van der Waals surface area contributed by atoms with Gasteiger partial charge in [-0.05, 0) is 30.5 Å². The van der Waals surface area contributed by atoms with Crippen molar-refractivity contribution >= 4 is 0 Å². The van der Waals surface area contributed by atoms with Crippen LogP contribution in [0.3, 0.4) is 0 Å². The molecule has 1 rings (SSSR count). The van der Waals surface area contributed by atoms with E-state index in [1.165, 1.54) is 0 Å². The maximum Gasteiger partial charge on any atom is 0.170 e. The number of hydrogen-bond donors (Lipinski definition) is 2. The van der Waals surface area contributed by atoms with Crippen LogP contribution in [-0.4, -0.2) is 16.3 Å². The summed E-state index contributed by atoms with van der Waals surface area (Å²) in [5.74, 6) is 0. The van der Waals surface area contributed by atoms with Gasteiger partial charge >= 0.3 is 0 Å². The van der Waals surface area contributed by atoms with E-state index in [0.717, 1.165) is 11.1 Å². The maximum absolute atomic E-state index is 9.62. The molecule has 2 unspecified atom stereocenters. The third-order valence-corrected chi connectivity index (χ3v) is 2.40. The molecule has 0 spiro atoms. The average Bonchev–Trinajstić information content (AvgIpc) is 2.20. The monoisotopic (exact) mass is 191 g/mol. The van der Waals surface area contributed by atoms with Crippen LogP contribution in [0.15, 0.2) is 18.2 Å². The molecule has 0 saturated heterocycles. The Bertz CT molecular complexity index is 368. The van der Waals surface area contributed by atoms with Crippen molar-refractivity contribution in [2.75, 3.05) is 0 Å². The molecule has 0 aliphatic carbocycles. The number of hydrogen-bond acceptors (Lipinski definition) is 3. The second kappa shape index (κ2) is 4.23. The fourth-order valence-electron chi connectivity index (χ4n) is 1.33. The van der Waals surface area contributed by atoms with Crippen molar-refractivity contribution in [3.8, 4) is 6.07 Å². The molecule has 0 aliphatic rings. The summed E-state index contributed by atoms with van der Waals surface area (Å²) in [5.41, 5.74) is 2.56. The summed E-state index contributed by atoms with van der Waals surface area (Å²) in [5, 5.41) is 27.3. The maximum atomic E-state index is 9.62. The molecule has 1 aromatic carbocycles. The van der Waals surface area contributed by atoms with Gasteiger partial charge in [0.1, 0.15) is 6.10 Å². The molecule has 3 heteroatoms. The predicted octanol–water partition coefficient (Wildman–Crippen LogP) is 1.22. The number of aliphatic hydroxyl groups is 2. The molecule has 1 aromatic rings. The lowest BCUT2D eigenvalue weighted by molar-refractivity contribution is 0.0523. The fourth-order valence-corrected chi connectivity index (χ4v) is 1.33. The Labute approximate surface area is 83.2 Å². The van der Waals surface area contributed by atoms with E-state index in [1.807, 2.05) is 19.9 Å². The summed E-state index contributed by atoms with van der Waals surface area (Å²) in [6.07, 6.45) is -2.49. The quantitative estimate of drug-likeness (QED) is 0.691. The Kier molecular flexibility index (Phi) is 3.23. The van der Waals surface area contributed by atoms with Gasteiger partial charge in [-0.25, -0.2) is 0 Å².